The van der Waals surface area contributed by atoms with Gasteiger partial charge < -0.3 is 24.8 Å². The quantitative estimate of drug-likeness (QED) is 0.144. The lowest BCUT2D eigenvalue weighted by Gasteiger charge is -2.14. The fourth-order valence-corrected chi connectivity index (χ4v) is 6.27. The standard InChI is InChI=1S/C31H32FN5O7S2/c1-6-43-29(40)24-17(3)25(30(41)44-7-2)46-28(24)34-26(38)18(4)45-31-36-35-23(37(31)20-14-12-19(32)13-15-20)16-33-27(39)21-10-8-9-11-22(21)42-5/h8-15,18H,6-7,16H2,1-5H3,(H,33,39)(H,34,38)/t18-/m1/s1. The second kappa shape index (κ2) is 15.5. The van der Waals surface area contributed by atoms with E-state index in [0.29, 0.717) is 28.4 Å². The summed E-state index contributed by atoms with van der Waals surface area (Å²) in [7, 11) is 1.47. The van der Waals surface area contributed by atoms with E-state index in [2.05, 4.69) is 20.8 Å². The summed E-state index contributed by atoms with van der Waals surface area (Å²) in [5, 5.41) is 13.7. The predicted molar refractivity (Wildman–Crippen MR) is 170 cm³/mol. The minimum absolute atomic E-state index is 0.0452. The molecule has 0 bridgehead atoms. The van der Waals surface area contributed by atoms with E-state index in [9.17, 15) is 23.6 Å². The van der Waals surface area contributed by atoms with Crippen LogP contribution >= 0.6 is 23.1 Å². The maximum atomic E-state index is 13.8. The summed E-state index contributed by atoms with van der Waals surface area (Å²) in [4.78, 5) is 51.8. The molecule has 0 radical (unpaired) electrons. The van der Waals surface area contributed by atoms with E-state index < -0.39 is 34.8 Å². The molecule has 2 aromatic carbocycles. The number of carbonyl (C=O) groups is 4. The molecular formula is C31H32FN5O7S2. The lowest BCUT2D eigenvalue weighted by Crippen LogP contribution is -2.25. The third kappa shape index (κ3) is 7.72. The number of carbonyl (C=O) groups excluding carboxylic acids is 4. The van der Waals surface area contributed by atoms with Crippen LogP contribution in [0.25, 0.3) is 5.69 Å². The van der Waals surface area contributed by atoms with Gasteiger partial charge >= 0.3 is 11.9 Å². The normalized spacial score (nSPS) is 11.4. The van der Waals surface area contributed by atoms with Crippen LogP contribution in [0.3, 0.4) is 0 Å². The van der Waals surface area contributed by atoms with E-state index in [0.717, 1.165) is 23.1 Å². The number of methoxy groups -OCH3 is 1. The average molecular weight is 670 g/mol. The van der Waals surface area contributed by atoms with Crippen LogP contribution in [0.1, 0.15) is 62.5 Å². The van der Waals surface area contributed by atoms with E-state index in [1.54, 1.807) is 56.5 Å². The lowest BCUT2D eigenvalue weighted by atomic mass is 10.1. The first kappa shape index (κ1) is 34.1. The molecule has 4 aromatic rings. The molecule has 2 amide bonds. The van der Waals surface area contributed by atoms with Crippen LogP contribution in [-0.4, -0.2) is 64.1 Å². The van der Waals surface area contributed by atoms with Crippen molar-refractivity contribution in [3.63, 3.8) is 0 Å². The first-order valence-corrected chi connectivity index (χ1v) is 15.9. The summed E-state index contributed by atoms with van der Waals surface area (Å²) in [6.07, 6.45) is 0. The minimum atomic E-state index is -0.789. The summed E-state index contributed by atoms with van der Waals surface area (Å²) in [6.45, 7) is 6.73. The van der Waals surface area contributed by atoms with E-state index in [-0.39, 0.29) is 40.4 Å². The van der Waals surface area contributed by atoms with E-state index in [1.165, 1.54) is 31.4 Å². The first-order valence-electron chi connectivity index (χ1n) is 14.2. The molecule has 0 saturated heterocycles. The number of hydrogen-bond donors (Lipinski definition) is 2. The average Bonchev–Trinajstić information content (AvgIpc) is 3.59. The Kier molecular flexibility index (Phi) is 11.5. The lowest BCUT2D eigenvalue weighted by molar-refractivity contribution is -0.115. The van der Waals surface area contributed by atoms with Gasteiger partial charge in [0.1, 0.15) is 21.4 Å². The van der Waals surface area contributed by atoms with Gasteiger partial charge in [0.2, 0.25) is 5.91 Å². The summed E-state index contributed by atoms with van der Waals surface area (Å²) >= 11 is 1.97. The van der Waals surface area contributed by atoms with Crippen LogP contribution in [0.4, 0.5) is 9.39 Å². The molecule has 0 unspecified atom stereocenters. The van der Waals surface area contributed by atoms with Crippen molar-refractivity contribution >= 4 is 51.9 Å². The largest absolute Gasteiger partial charge is 0.496 e. The molecule has 242 valence electrons. The van der Waals surface area contributed by atoms with Crippen molar-refractivity contribution in [3.05, 3.63) is 81.7 Å². The molecule has 15 heteroatoms. The van der Waals surface area contributed by atoms with Crippen LogP contribution in [0.15, 0.2) is 53.7 Å². The smallest absolute Gasteiger partial charge is 0.348 e. The molecule has 46 heavy (non-hydrogen) atoms. The minimum Gasteiger partial charge on any atom is -0.496 e. The molecule has 0 saturated carbocycles. The van der Waals surface area contributed by atoms with Crippen molar-refractivity contribution in [2.75, 3.05) is 25.6 Å². The van der Waals surface area contributed by atoms with Crippen molar-refractivity contribution in [1.29, 1.82) is 0 Å². The van der Waals surface area contributed by atoms with Gasteiger partial charge in [-0.2, -0.15) is 0 Å². The van der Waals surface area contributed by atoms with Crippen molar-refractivity contribution in [1.82, 2.24) is 20.1 Å². The van der Waals surface area contributed by atoms with Crippen molar-refractivity contribution in [2.24, 2.45) is 0 Å². The number of nitrogens with zero attached hydrogens (tertiary/aromatic N) is 3. The Balaban J connectivity index is 1.59. The fraction of sp³-hybridized carbons (Fsp3) is 0.290. The number of thiophene rings is 1. The molecule has 2 aromatic heterocycles. The highest BCUT2D eigenvalue weighted by molar-refractivity contribution is 8.00. The van der Waals surface area contributed by atoms with Gasteiger partial charge in [0.05, 0.1) is 43.2 Å². The fourth-order valence-electron chi connectivity index (χ4n) is 4.29. The summed E-state index contributed by atoms with van der Waals surface area (Å²) in [5.41, 5.74) is 1.24. The van der Waals surface area contributed by atoms with Gasteiger partial charge in [-0.15, -0.1) is 21.5 Å². The maximum Gasteiger partial charge on any atom is 0.348 e. The molecule has 2 heterocycles. The Morgan fingerprint density at radius 3 is 2.35 bits per heavy atom. The molecule has 0 aliphatic heterocycles. The Morgan fingerprint density at radius 1 is 1.00 bits per heavy atom. The number of ether oxygens (including phenoxy) is 3. The predicted octanol–water partition coefficient (Wildman–Crippen LogP) is 5.19. The Morgan fingerprint density at radius 2 is 1.67 bits per heavy atom. The first-order chi connectivity index (χ1) is 22.1. The van der Waals surface area contributed by atoms with Gasteiger partial charge in [0.25, 0.3) is 5.91 Å². The van der Waals surface area contributed by atoms with Crippen LogP contribution < -0.4 is 15.4 Å². The number of amides is 2. The molecule has 0 aliphatic rings. The topological polar surface area (TPSA) is 151 Å². The number of halogens is 1. The number of benzene rings is 2. The molecular weight excluding hydrogens is 638 g/mol. The second-order valence-electron chi connectivity index (χ2n) is 9.54. The molecule has 2 N–H and O–H groups in total. The van der Waals surface area contributed by atoms with Gasteiger partial charge in [-0.1, -0.05) is 23.9 Å². The van der Waals surface area contributed by atoms with Gasteiger partial charge in [-0.05, 0) is 69.7 Å². The molecule has 4 rings (SSSR count). The van der Waals surface area contributed by atoms with Gasteiger partial charge in [0, 0.05) is 5.69 Å². The van der Waals surface area contributed by atoms with Gasteiger partial charge in [-0.3, -0.25) is 14.2 Å². The van der Waals surface area contributed by atoms with Crippen molar-refractivity contribution in [3.8, 4) is 11.4 Å². The number of anilines is 1. The van der Waals surface area contributed by atoms with Crippen molar-refractivity contribution < 1.29 is 37.8 Å². The SMILES string of the molecule is CCOC(=O)c1sc(NC(=O)[C@@H](C)Sc2nnc(CNC(=O)c3ccccc3OC)n2-c2ccc(F)cc2)c(C(=O)OCC)c1C. The number of esters is 2. The highest BCUT2D eigenvalue weighted by atomic mass is 32.2. The number of nitrogens with one attached hydrogen (secondary N) is 2. The highest BCUT2D eigenvalue weighted by Gasteiger charge is 2.29. The Hall–Kier alpha value is -4.76. The number of thioether (sulfide) groups is 1. The Labute approximate surface area is 272 Å². The zero-order chi connectivity index (χ0) is 33.4. The maximum absolute atomic E-state index is 13.8. The zero-order valence-electron chi connectivity index (χ0n) is 25.7. The number of rotatable bonds is 13. The summed E-state index contributed by atoms with van der Waals surface area (Å²) in [6, 6.07) is 12.3. The summed E-state index contributed by atoms with van der Waals surface area (Å²) < 4.78 is 31.0. The van der Waals surface area contributed by atoms with Crippen LogP contribution in [-0.2, 0) is 20.8 Å². The highest BCUT2D eigenvalue weighted by Crippen LogP contribution is 2.35. The van der Waals surface area contributed by atoms with E-state index in [4.69, 9.17) is 14.2 Å². The molecule has 1 atom stereocenters. The van der Waals surface area contributed by atoms with Crippen molar-refractivity contribution in [2.45, 2.75) is 44.6 Å². The van der Waals surface area contributed by atoms with Crippen LogP contribution in [0, 0.1) is 12.7 Å². The summed E-state index contributed by atoms with van der Waals surface area (Å²) in [5.74, 6) is -1.92. The van der Waals surface area contributed by atoms with E-state index >= 15 is 0 Å². The number of aromatic nitrogens is 3. The van der Waals surface area contributed by atoms with Gasteiger partial charge in [0.15, 0.2) is 11.0 Å². The monoisotopic (exact) mass is 669 g/mol. The third-order valence-electron chi connectivity index (χ3n) is 6.52. The molecule has 0 spiro atoms. The molecule has 0 fully saturated rings. The second-order valence-corrected chi connectivity index (χ2v) is 11.9. The number of para-hydroxylation sites is 1. The third-order valence-corrected chi connectivity index (χ3v) is 8.75. The molecule has 12 nitrogen and oxygen atoms in total. The van der Waals surface area contributed by atoms with Gasteiger partial charge in [-0.25, -0.2) is 14.0 Å². The number of hydrogen-bond acceptors (Lipinski definition) is 11. The van der Waals surface area contributed by atoms with Crippen LogP contribution in [0.2, 0.25) is 0 Å². The van der Waals surface area contributed by atoms with Crippen LogP contribution in [0.5, 0.6) is 5.75 Å². The molecule has 0 aliphatic carbocycles. The zero-order valence-corrected chi connectivity index (χ0v) is 27.3. The Bertz CT molecular complexity index is 1740. The van der Waals surface area contributed by atoms with E-state index in [1.807, 2.05) is 0 Å².